The zero-order valence-corrected chi connectivity index (χ0v) is 15.5. The van der Waals surface area contributed by atoms with Crippen LogP contribution in [0.3, 0.4) is 0 Å². The van der Waals surface area contributed by atoms with Crippen molar-refractivity contribution in [1.29, 1.82) is 0 Å². The highest BCUT2D eigenvalue weighted by Gasteiger charge is 2.39. The van der Waals surface area contributed by atoms with Crippen LogP contribution < -0.4 is 5.32 Å². The van der Waals surface area contributed by atoms with E-state index in [1.165, 1.54) is 23.8 Å². The lowest BCUT2D eigenvalue weighted by Crippen LogP contribution is -2.30. The minimum atomic E-state index is -0.288. The summed E-state index contributed by atoms with van der Waals surface area (Å²) in [5.74, 6) is 1.05. The van der Waals surface area contributed by atoms with E-state index in [9.17, 15) is 4.79 Å². The van der Waals surface area contributed by atoms with E-state index in [2.05, 4.69) is 61.6 Å². The molecule has 0 saturated carbocycles. The van der Waals surface area contributed by atoms with Crippen LogP contribution in [0.1, 0.15) is 65.2 Å². The van der Waals surface area contributed by atoms with Crippen LogP contribution in [0, 0.1) is 5.92 Å². The molecule has 26 heavy (non-hydrogen) atoms. The highest BCUT2D eigenvalue weighted by Crippen LogP contribution is 2.50. The van der Waals surface area contributed by atoms with E-state index in [1.54, 1.807) is 0 Å². The third-order valence-corrected chi connectivity index (χ3v) is 5.76. The second-order valence-corrected chi connectivity index (χ2v) is 7.56. The van der Waals surface area contributed by atoms with E-state index in [1.807, 2.05) is 12.1 Å². The first-order valence-electron chi connectivity index (χ1n) is 9.34. The Morgan fingerprint density at radius 3 is 2.62 bits per heavy atom. The minimum absolute atomic E-state index is 0.189. The van der Waals surface area contributed by atoms with E-state index in [-0.39, 0.29) is 12.0 Å². The van der Waals surface area contributed by atoms with Crippen LogP contribution in [0.25, 0.3) is 0 Å². The van der Waals surface area contributed by atoms with Gasteiger partial charge >= 0.3 is 5.97 Å². The first-order valence-corrected chi connectivity index (χ1v) is 9.34. The molecular formula is C23H25NO2. The Morgan fingerprint density at radius 2 is 1.92 bits per heavy atom. The van der Waals surface area contributed by atoms with Gasteiger partial charge in [-0.05, 0) is 41.0 Å². The van der Waals surface area contributed by atoms with Gasteiger partial charge in [0.15, 0.2) is 0 Å². The summed E-state index contributed by atoms with van der Waals surface area (Å²) in [4.78, 5) is 12.3. The molecule has 2 aliphatic rings. The number of carbonyl (C=O) groups excluding carboxylic acids is 1. The van der Waals surface area contributed by atoms with Crippen molar-refractivity contribution in [2.24, 2.45) is 5.92 Å². The van der Waals surface area contributed by atoms with Crippen molar-refractivity contribution >= 4 is 11.7 Å². The molecule has 1 aliphatic carbocycles. The van der Waals surface area contributed by atoms with Gasteiger partial charge in [0, 0.05) is 5.92 Å². The second kappa shape index (κ2) is 6.64. The monoisotopic (exact) mass is 347 g/mol. The molecule has 3 heteroatoms. The van der Waals surface area contributed by atoms with Gasteiger partial charge in [0.25, 0.3) is 0 Å². The number of anilines is 1. The summed E-state index contributed by atoms with van der Waals surface area (Å²) in [6.07, 6.45) is 5.61. The smallest absolute Gasteiger partial charge is 0.339 e. The van der Waals surface area contributed by atoms with Gasteiger partial charge in [-0.1, -0.05) is 62.4 Å². The number of benzene rings is 2. The molecule has 0 fully saturated rings. The van der Waals surface area contributed by atoms with Crippen molar-refractivity contribution in [3.63, 3.8) is 0 Å². The van der Waals surface area contributed by atoms with Gasteiger partial charge in [0.2, 0.25) is 0 Å². The first kappa shape index (κ1) is 16.9. The fourth-order valence-corrected chi connectivity index (χ4v) is 4.32. The molecule has 3 atom stereocenters. The average molecular weight is 347 g/mol. The van der Waals surface area contributed by atoms with Gasteiger partial charge in [-0.25, -0.2) is 4.79 Å². The molecule has 2 aromatic carbocycles. The molecule has 0 radical (unpaired) electrons. The molecule has 3 unspecified atom stereocenters. The van der Waals surface area contributed by atoms with Crippen LogP contribution in [0.5, 0.6) is 0 Å². The van der Waals surface area contributed by atoms with Crippen molar-refractivity contribution in [1.82, 2.24) is 0 Å². The fraction of sp³-hybridized carbons (Fsp3) is 0.348. The Morgan fingerprint density at radius 1 is 1.15 bits per heavy atom. The third kappa shape index (κ3) is 2.72. The van der Waals surface area contributed by atoms with Gasteiger partial charge in [-0.15, -0.1) is 0 Å². The maximum Gasteiger partial charge on any atom is 0.339 e. The summed E-state index contributed by atoms with van der Waals surface area (Å²) in [6.45, 7) is 4.42. The van der Waals surface area contributed by atoms with Crippen molar-refractivity contribution in [2.45, 2.75) is 38.1 Å². The number of hydrogen-bond acceptors (Lipinski definition) is 3. The molecule has 134 valence electrons. The number of methoxy groups -OCH3 is 1. The van der Waals surface area contributed by atoms with Crippen molar-refractivity contribution < 1.29 is 9.53 Å². The molecule has 0 bridgehead atoms. The number of fused-ring (bicyclic) bond motifs is 3. The largest absolute Gasteiger partial charge is 0.465 e. The highest BCUT2D eigenvalue weighted by atomic mass is 16.5. The van der Waals surface area contributed by atoms with Crippen LogP contribution in [-0.4, -0.2) is 13.1 Å². The number of esters is 1. The summed E-state index contributed by atoms with van der Waals surface area (Å²) in [5, 5.41) is 3.68. The number of para-hydroxylation sites is 1. The lowest BCUT2D eigenvalue weighted by Gasteiger charge is -2.38. The normalized spacial score (nSPS) is 23.3. The lowest BCUT2D eigenvalue weighted by molar-refractivity contribution is 0.0601. The molecule has 1 aliphatic heterocycles. The molecule has 0 aromatic heterocycles. The number of nitrogens with one attached hydrogen (secondary N) is 1. The van der Waals surface area contributed by atoms with E-state index in [4.69, 9.17) is 4.74 Å². The Hall–Kier alpha value is -2.55. The van der Waals surface area contributed by atoms with Crippen LogP contribution in [0.4, 0.5) is 5.69 Å². The molecule has 1 heterocycles. The molecule has 1 N–H and O–H groups in total. The Balaban J connectivity index is 1.76. The van der Waals surface area contributed by atoms with Crippen molar-refractivity contribution in [2.75, 3.05) is 12.4 Å². The van der Waals surface area contributed by atoms with Crippen molar-refractivity contribution in [3.05, 3.63) is 76.9 Å². The van der Waals surface area contributed by atoms with Gasteiger partial charge < -0.3 is 10.1 Å². The van der Waals surface area contributed by atoms with Gasteiger partial charge in [-0.2, -0.15) is 0 Å². The summed E-state index contributed by atoms with van der Waals surface area (Å²) >= 11 is 0. The molecular weight excluding hydrogens is 322 g/mol. The molecule has 0 saturated heterocycles. The number of rotatable bonds is 3. The van der Waals surface area contributed by atoms with E-state index in [0.717, 1.165) is 12.1 Å². The third-order valence-electron chi connectivity index (χ3n) is 5.76. The lowest BCUT2D eigenvalue weighted by atomic mass is 9.76. The number of carbonyl (C=O) groups is 1. The zero-order valence-electron chi connectivity index (χ0n) is 15.5. The van der Waals surface area contributed by atoms with E-state index >= 15 is 0 Å². The Bertz CT molecular complexity index is 851. The fourth-order valence-electron chi connectivity index (χ4n) is 4.32. The van der Waals surface area contributed by atoms with E-state index < -0.39 is 0 Å². The van der Waals surface area contributed by atoms with Gasteiger partial charge in [0.1, 0.15) is 0 Å². The summed E-state index contributed by atoms with van der Waals surface area (Å²) in [6, 6.07) is 15.0. The topological polar surface area (TPSA) is 38.3 Å². The molecule has 0 spiro atoms. The quantitative estimate of drug-likeness (QED) is 0.595. The summed E-state index contributed by atoms with van der Waals surface area (Å²) in [7, 11) is 1.44. The van der Waals surface area contributed by atoms with Crippen LogP contribution >= 0.6 is 0 Å². The highest BCUT2D eigenvalue weighted by molar-refractivity contribution is 5.97. The number of allylic oxidation sites excluding steroid dienone is 2. The second-order valence-electron chi connectivity index (χ2n) is 7.56. The average Bonchev–Trinajstić information content (AvgIpc) is 3.16. The SMILES string of the molecule is COC(=O)c1cccc2c1NC(c1ccc(C(C)C)cc1)C1CC=CC21. The number of hydrogen-bond donors (Lipinski definition) is 1. The first-order chi connectivity index (χ1) is 12.6. The summed E-state index contributed by atoms with van der Waals surface area (Å²) in [5.41, 5.74) is 5.36. The molecule has 2 aromatic rings. The predicted molar refractivity (Wildman–Crippen MR) is 105 cm³/mol. The van der Waals surface area contributed by atoms with Crippen LogP contribution in [-0.2, 0) is 4.74 Å². The van der Waals surface area contributed by atoms with Gasteiger partial charge in [0.05, 0.1) is 24.4 Å². The number of ether oxygens (including phenoxy) is 1. The maximum atomic E-state index is 12.3. The van der Waals surface area contributed by atoms with Crippen LogP contribution in [0.2, 0.25) is 0 Å². The Labute approximate surface area is 155 Å². The molecule has 0 amide bonds. The minimum Gasteiger partial charge on any atom is -0.465 e. The van der Waals surface area contributed by atoms with Gasteiger partial charge in [-0.3, -0.25) is 0 Å². The van der Waals surface area contributed by atoms with Crippen LogP contribution in [0.15, 0.2) is 54.6 Å². The van der Waals surface area contributed by atoms with E-state index in [0.29, 0.717) is 23.3 Å². The molecule has 3 nitrogen and oxygen atoms in total. The standard InChI is InChI=1S/C23H25NO2/c1-14(2)15-10-12-16(13-11-15)21-18-7-4-6-17(18)19-8-5-9-20(22(19)24-21)23(25)26-3/h4-6,8-14,17-18,21,24H,7H2,1-3H3. The zero-order chi connectivity index (χ0) is 18.3. The maximum absolute atomic E-state index is 12.3. The predicted octanol–water partition coefficient (Wildman–Crippen LogP) is 5.42. The summed E-state index contributed by atoms with van der Waals surface area (Å²) < 4.78 is 5.00. The van der Waals surface area contributed by atoms with Crippen molar-refractivity contribution in [3.8, 4) is 0 Å². The Kier molecular flexibility index (Phi) is 4.31. The molecule has 4 rings (SSSR count).